The number of halogens is 3. The number of aromatic nitrogens is 3. The monoisotopic (exact) mass is 403 g/mol. The van der Waals surface area contributed by atoms with E-state index in [2.05, 4.69) is 21.0 Å². The topological polar surface area (TPSA) is 39.3 Å². The number of hydrogen-bond donors (Lipinski definition) is 0. The Bertz CT molecular complexity index is 1140. The van der Waals surface area contributed by atoms with Gasteiger partial charge in [0.05, 0.1) is 23.1 Å². The molecule has 0 unspecified atom stereocenters. The smallest absolute Gasteiger partial charge is 0.261 e. The van der Waals surface area contributed by atoms with Crippen LogP contribution < -0.4 is 5.56 Å². The molecule has 0 bridgehead atoms. The maximum Gasteiger partial charge on any atom is 0.261 e. The molecule has 0 amide bonds. The van der Waals surface area contributed by atoms with E-state index in [1.54, 1.807) is 28.8 Å². The summed E-state index contributed by atoms with van der Waals surface area (Å²) < 4.78 is 29.5. The standard InChI is InChI=1S/C18H12BrF2N3O/c19-12-6-7-13-15(8-12)24-17(23(18(13)25)10-16(20)21)9-14(22-24)11-4-2-1-3-5-11/h1-9,16H,10H2. The predicted molar refractivity (Wildman–Crippen MR) is 96.1 cm³/mol. The van der Waals surface area contributed by atoms with E-state index < -0.39 is 18.5 Å². The molecule has 2 heterocycles. The first-order valence-corrected chi connectivity index (χ1v) is 8.39. The highest BCUT2D eigenvalue weighted by atomic mass is 79.9. The quantitative estimate of drug-likeness (QED) is 0.510. The normalized spacial score (nSPS) is 11.7. The van der Waals surface area contributed by atoms with Crippen LogP contribution >= 0.6 is 15.9 Å². The molecule has 0 spiro atoms. The molecular weight excluding hydrogens is 392 g/mol. The molecule has 0 fully saturated rings. The Morgan fingerprint density at radius 3 is 2.56 bits per heavy atom. The van der Waals surface area contributed by atoms with Crippen LogP contribution in [0.1, 0.15) is 0 Å². The second kappa shape index (κ2) is 6.07. The van der Waals surface area contributed by atoms with Gasteiger partial charge in [-0.05, 0) is 18.2 Å². The van der Waals surface area contributed by atoms with Crippen LogP contribution in [0, 0.1) is 0 Å². The molecule has 4 nitrogen and oxygen atoms in total. The van der Waals surface area contributed by atoms with E-state index in [0.29, 0.717) is 22.2 Å². The highest BCUT2D eigenvalue weighted by Gasteiger charge is 2.17. The molecule has 0 aliphatic carbocycles. The minimum Gasteiger partial charge on any atom is -0.287 e. The van der Waals surface area contributed by atoms with Crippen LogP contribution in [-0.2, 0) is 6.54 Å². The van der Waals surface area contributed by atoms with Gasteiger partial charge in [-0.15, -0.1) is 0 Å². The summed E-state index contributed by atoms with van der Waals surface area (Å²) in [6, 6.07) is 16.2. The van der Waals surface area contributed by atoms with Crippen LogP contribution in [0.15, 0.2) is 63.9 Å². The molecule has 7 heteroatoms. The van der Waals surface area contributed by atoms with E-state index in [1.807, 2.05) is 30.3 Å². The lowest BCUT2D eigenvalue weighted by atomic mass is 10.2. The van der Waals surface area contributed by atoms with Gasteiger partial charge in [-0.1, -0.05) is 46.3 Å². The Labute approximate surface area is 149 Å². The van der Waals surface area contributed by atoms with Crippen molar-refractivity contribution in [3.05, 3.63) is 69.4 Å². The van der Waals surface area contributed by atoms with Gasteiger partial charge >= 0.3 is 0 Å². The lowest BCUT2D eigenvalue weighted by Crippen LogP contribution is -2.25. The molecule has 0 saturated heterocycles. The largest absolute Gasteiger partial charge is 0.287 e. The highest BCUT2D eigenvalue weighted by Crippen LogP contribution is 2.24. The summed E-state index contributed by atoms with van der Waals surface area (Å²) in [6.45, 7) is -0.672. The molecule has 2 aromatic carbocycles. The van der Waals surface area contributed by atoms with Crippen molar-refractivity contribution in [3.63, 3.8) is 0 Å². The molecular formula is C18H12BrF2N3O. The van der Waals surface area contributed by atoms with E-state index in [-0.39, 0.29) is 0 Å². The van der Waals surface area contributed by atoms with Gasteiger partial charge in [0, 0.05) is 16.1 Å². The van der Waals surface area contributed by atoms with Crippen LogP contribution in [0.5, 0.6) is 0 Å². The Morgan fingerprint density at radius 1 is 1.08 bits per heavy atom. The van der Waals surface area contributed by atoms with Gasteiger partial charge in [-0.3, -0.25) is 9.36 Å². The molecule has 2 aromatic heterocycles. The fourth-order valence-electron chi connectivity index (χ4n) is 2.92. The molecule has 0 N–H and O–H groups in total. The second-order valence-electron chi connectivity index (χ2n) is 5.63. The number of nitrogens with zero attached hydrogens (tertiary/aromatic N) is 3. The molecule has 0 aliphatic rings. The molecule has 0 saturated carbocycles. The van der Waals surface area contributed by atoms with Crippen LogP contribution in [0.2, 0.25) is 0 Å². The van der Waals surface area contributed by atoms with Gasteiger partial charge in [-0.25, -0.2) is 13.3 Å². The molecule has 0 radical (unpaired) electrons. The molecule has 126 valence electrons. The van der Waals surface area contributed by atoms with Crippen molar-refractivity contribution in [2.24, 2.45) is 0 Å². The molecule has 0 aliphatic heterocycles. The van der Waals surface area contributed by atoms with Gasteiger partial charge in [0.2, 0.25) is 0 Å². The van der Waals surface area contributed by atoms with E-state index >= 15 is 0 Å². The van der Waals surface area contributed by atoms with E-state index in [4.69, 9.17) is 0 Å². The first-order chi connectivity index (χ1) is 12.0. The van der Waals surface area contributed by atoms with Gasteiger partial charge in [-0.2, -0.15) is 5.10 Å². The lowest BCUT2D eigenvalue weighted by Gasteiger charge is -2.10. The predicted octanol–water partition coefficient (Wildman–Crippen LogP) is 4.34. The summed E-state index contributed by atoms with van der Waals surface area (Å²) in [7, 11) is 0. The maximum absolute atomic E-state index is 13.0. The third-order valence-corrected chi connectivity index (χ3v) is 4.51. The van der Waals surface area contributed by atoms with Gasteiger partial charge in [0.25, 0.3) is 12.0 Å². The highest BCUT2D eigenvalue weighted by molar-refractivity contribution is 9.10. The number of alkyl halides is 2. The Kier molecular flexibility index (Phi) is 3.88. The maximum atomic E-state index is 13.0. The third kappa shape index (κ3) is 2.74. The van der Waals surface area contributed by atoms with Crippen molar-refractivity contribution in [2.45, 2.75) is 13.0 Å². The average molecular weight is 404 g/mol. The van der Waals surface area contributed by atoms with Crippen molar-refractivity contribution in [2.75, 3.05) is 0 Å². The zero-order valence-electron chi connectivity index (χ0n) is 12.9. The number of rotatable bonds is 3. The summed E-state index contributed by atoms with van der Waals surface area (Å²) in [5, 5.41) is 4.90. The van der Waals surface area contributed by atoms with Crippen molar-refractivity contribution in [1.82, 2.24) is 14.2 Å². The summed E-state index contributed by atoms with van der Waals surface area (Å²) in [5.74, 6) is 0. The average Bonchev–Trinajstić information content (AvgIpc) is 3.04. The van der Waals surface area contributed by atoms with Crippen LogP contribution in [0.3, 0.4) is 0 Å². The summed E-state index contributed by atoms with van der Waals surface area (Å²) in [5.41, 5.74) is 1.94. The van der Waals surface area contributed by atoms with Crippen LogP contribution in [-0.4, -0.2) is 20.6 Å². The minimum absolute atomic E-state index is 0.342. The van der Waals surface area contributed by atoms with Crippen LogP contribution in [0.4, 0.5) is 8.78 Å². The first kappa shape index (κ1) is 16.0. The summed E-state index contributed by atoms with van der Waals surface area (Å²) in [4.78, 5) is 12.7. The number of benzene rings is 2. The van der Waals surface area contributed by atoms with Gasteiger partial charge in [0.1, 0.15) is 5.65 Å². The van der Waals surface area contributed by atoms with E-state index in [1.165, 1.54) is 0 Å². The number of fused-ring (bicyclic) bond motifs is 3. The molecule has 25 heavy (non-hydrogen) atoms. The van der Waals surface area contributed by atoms with Crippen LogP contribution in [0.25, 0.3) is 27.8 Å². The van der Waals surface area contributed by atoms with Gasteiger partial charge in [0.15, 0.2) is 0 Å². The SMILES string of the molecule is O=c1c2ccc(Br)cc2n2nc(-c3ccccc3)cc2n1CC(F)F. The zero-order valence-corrected chi connectivity index (χ0v) is 14.5. The molecule has 4 aromatic rings. The first-order valence-electron chi connectivity index (χ1n) is 7.60. The van der Waals surface area contributed by atoms with Crippen molar-refractivity contribution in [3.8, 4) is 11.3 Å². The number of hydrogen-bond acceptors (Lipinski definition) is 2. The molecule has 4 rings (SSSR count). The minimum atomic E-state index is -2.63. The fraction of sp³-hybridized carbons (Fsp3) is 0.111. The fourth-order valence-corrected chi connectivity index (χ4v) is 3.26. The second-order valence-corrected chi connectivity index (χ2v) is 6.55. The lowest BCUT2D eigenvalue weighted by molar-refractivity contribution is 0.126. The van der Waals surface area contributed by atoms with E-state index in [0.717, 1.165) is 14.6 Å². The van der Waals surface area contributed by atoms with Crippen molar-refractivity contribution in [1.29, 1.82) is 0 Å². The van der Waals surface area contributed by atoms with Crippen molar-refractivity contribution >= 4 is 32.5 Å². The summed E-state index contributed by atoms with van der Waals surface area (Å²) in [6.07, 6.45) is -2.63. The van der Waals surface area contributed by atoms with Crippen molar-refractivity contribution < 1.29 is 8.78 Å². The Balaban J connectivity index is 2.11. The molecule has 0 atom stereocenters. The van der Waals surface area contributed by atoms with Gasteiger partial charge < -0.3 is 0 Å². The Morgan fingerprint density at radius 2 is 1.84 bits per heavy atom. The Hall–Kier alpha value is -2.54. The zero-order chi connectivity index (χ0) is 17.6. The summed E-state index contributed by atoms with van der Waals surface area (Å²) >= 11 is 3.38. The van der Waals surface area contributed by atoms with E-state index in [9.17, 15) is 13.6 Å². The third-order valence-electron chi connectivity index (χ3n) is 4.02.